The van der Waals surface area contributed by atoms with E-state index in [1.165, 1.54) is 44.9 Å². The zero-order chi connectivity index (χ0) is 12.3. The highest BCUT2D eigenvalue weighted by Gasteiger charge is 2.11. The fourth-order valence-electron chi connectivity index (χ4n) is 2.38. The van der Waals surface area contributed by atoms with E-state index in [0.717, 1.165) is 25.0 Å². The average molecular weight is 365 g/mol. The highest BCUT2D eigenvalue weighted by molar-refractivity contribution is 14.0. The van der Waals surface area contributed by atoms with Crippen molar-refractivity contribution >= 4 is 29.9 Å². The number of hydrogen-bond donors (Lipinski definition) is 2. The van der Waals surface area contributed by atoms with Crippen LogP contribution in [-0.2, 0) is 0 Å². The number of nitrogens with one attached hydrogen (secondary N) is 2. The lowest BCUT2D eigenvalue weighted by molar-refractivity contribution is 0.375. The maximum Gasteiger partial charge on any atom is 0.191 e. The zero-order valence-electron chi connectivity index (χ0n) is 11.6. The van der Waals surface area contributed by atoms with E-state index in [1.807, 2.05) is 13.1 Å². The Morgan fingerprint density at radius 2 is 1.78 bits per heavy atom. The minimum atomic E-state index is 0. The summed E-state index contributed by atoms with van der Waals surface area (Å²) in [4.78, 5) is 4.20. The molecule has 0 bridgehead atoms. The van der Waals surface area contributed by atoms with Crippen molar-refractivity contribution in [3.63, 3.8) is 0 Å². The van der Waals surface area contributed by atoms with Gasteiger partial charge in [0.25, 0.3) is 0 Å². The second-order valence-electron chi connectivity index (χ2n) is 4.83. The molecule has 0 spiro atoms. The van der Waals surface area contributed by atoms with Gasteiger partial charge >= 0.3 is 0 Å². The third-order valence-corrected chi connectivity index (χ3v) is 3.42. The summed E-state index contributed by atoms with van der Waals surface area (Å²) in [5.74, 6) is 1.71. The van der Waals surface area contributed by atoms with Crippen molar-refractivity contribution in [2.45, 2.75) is 44.9 Å². The van der Waals surface area contributed by atoms with Crippen molar-refractivity contribution in [2.24, 2.45) is 10.9 Å². The van der Waals surface area contributed by atoms with Gasteiger partial charge in [0.2, 0.25) is 0 Å². The molecule has 0 aliphatic heterocycles. The summed E-state index contributed by atoms with van der Waals surface area (Å²) in [6.07, 6.45) is 11.6. The molecule has 1 aliphatic rings. The largest absolute Gasteiger partial charge is 0.356 e. The van der Waals surface area contributed by atoms with Gasteiger partial charge in [0.1, 0.15) is 0 Å². The van der Waals surface area contributed by atoms with Crippen LogP contribution in [-0.4, -0.2) is 26.1 Å². The molecule has 0 aromatic carbocycles. The van der Waals surface area contributed by atoms with Gasteiger partial charge in [-0.3, -0.25) is 4.99 Å². The van der Waals surface area contributed by atoms with Crippen LogP contribution in [0.15, 0.2) is 17.6 Å². The molecular formula is C14H28IN3. The van der Waals surface area contributed by atoms with E-state index in [2.05, 4.69) is 22.2 Å². The van der Waals surface area contributed by atoms with E-state index >= 15 is 0 Å². The summed E-state index contributed by atoms with van der Waals surface area (Å²) in [7, 11) is 1.82. The van der Waals surface area contributed by atoms with Crippen LogP contribution < -0.4 is 10.6 Å². The number of guanidine groups is 1. The first-order valence-electron chi connectivity index (χ1n) is 6.92. The summed E-state index contributed by atoms with van der Waals surface area (Å²) in [6.45, 7) is 5.52. The number of aliphatic imine (C=N–C) groups is 1. The molecule has 18 heavy (non-hydrogen) atoms. The number of rotatable bonds is 4. The monoisotopic (exact) mass is 365 g/mol. The molecule has 2 N–H and O–H groups in total. The van der Waals surface area contributed by atoms with E-state index in [1.54, 1.807) is 0 Å². The Bertz CT molecular complexity index is 233. The van der Waals surface area contributed by atoms with Crippen LogP contribution in [0.3, 0.4) is 0 Å². The smallest absolute Gasteiger partial charge is 0.191 e. The van der Waals surface area contributed by atoms with Crippen LogP contribution >= 0.6 is 24.0 Å². The highest BCUT2D eigenvalue weighted by Crippen LogP contribution is 2.21. The van der Waals surface area contributed by atoms with Gasteiger partial charge in [0.15, 0.2) is 5.96 Å². The molecule has 0 atom stereocenters. The Balaban J connectivity index is 0.00000289. The molecule has 0 heterocycles. The first kappa shape index (κ1) is 17.7. The van der Waals surface area contributed by atoms with Crippen LogP contribution in [0.4, 0.5) is 0 Å². The SMILES string of the molecule is C=CCNC(=NC)NCC1CCCCCCC1.I. The van der Waals surface area contributed by atoms with Crippen LogP contribution in [0.2, 0.25) is 0 Å². The molecule has 1 saturated carbocycles. The van der Waals surface area contributed by atoms with E-state index in [9.17, 15) is 0 Å². The van der Waals surface area contributed by atoms with Crippen molar-refractivity contribution in [3.8, 4) is 0 Å². The van der Waals surface area contributed by atoms with Crippen molar-refractivity contribution < 1.29 is 0 Å². The molecule has 106 valence electrons. The molecule has 0 aromatic rings. The fraction of sp³-hybridized carbons (Fsp3) is 0.786. The van der Waals surface area contributed by atoms with Gasteiger partial charge in [-0.1, -0.05) is 38.2 Å². The van der Waals surface area contributed by atoms with Gasteiger partial charge in [-0.15, -0.1) is 30.6 Å². The molecule has 0 aromatic heterocycles. The summed E-state index contributed by atoms with van der Waals surface area (Å²) in [6, 6.07) is 0. The molecule has 1 fully saturated rings. The summed E-state index contributed by atoms with van der Waals surface area (Å²) >= 11 is 0. The Morgan fingerprint density at radius 3 is 2.33 bits per heavy atom. The predicted octanol–water partition coefficient (Wildman–Crippen LogP) is 3.32. The zero-order valence-corrected chi connectivity index (χ0v) is 13.9. The summed E-state index contributed by atoms with van der Waals surface area (Å²) in [5, 5.41) is 6.62. The van der Waals surface area contributed by atoms with Gasteiger partial charge in [-0.25, -0.2) is 0 Å². The molecule has 4 heteroatoms. The lowest BCUT2D eigenvalue weighted by Gasteiger charge is -2.21. The Kier molecular flexibility index (Phi) is 11.6. The molecule has 0 saturated heterocycles. The topological polar surface area (TPSA) is 36.4 Å². The molecule has 0 unspecified atom stereocenters. The summed E-state index contributed by atoms with van der Waals surface area (Å²) < 4.78 is 0. The first-order valence-corrected chi connectivity index (χ1v) is 6.92. The predicted molar refractivity (Wildman–Crippen MR) is 90.8 cm³/mol. The molecule has 0 amide bonds. The first-order chi connectivity index (χ1) is 8.36. The minimum Gasteiger partial charge on any atom is -0.356 e. The van der Waals surface area contributed by atoms with Crippen molar-refractivity contribution in [1.29, 1.82) is 0 Å². The maximum absolute atomic E-state index is 4.20. The second kappa shape index (κ2) is 11.8. The van der Waals surface area contributed by atoms with E-state index in [-0.39, 0.29) is 24.0 Å². The Hall–Kier alpha value is -0.260. The van der Waals surface area contributed by atoms with Gasteiger partial charge in [0, 0.05) is 20.1 Å². The molecule has 1 rings (SSSR count). The van der Waals surface area contributed by atoms with Crippen LogP contribution in [0.1, 0.15) is 44.9 Å². The fourth-order valence-corrected chi connectivity index (χ4v) is 2.38. The van der Waals surface area contributed by atoms with E-state index in [4.69, 9.17) is 0 Å². The number of halogens is 1. The van der Waals surface area contributed by atoms with Gasteiger partial charge < -0.3 is 10.6 Å². The quantitative estimate of drug-likeness (QED) is 0.347. The molecule has 0 radical (unpaired) electrons. The lowest BCUT2D eigenvalue weighted by atomic mass is 9.91. The third-order valence-electron chi connectivity index (χ3n) is 3.42. The Labute approximate surface area is 129 Å². The second-order valence-corrected chi connectivity index (χ2v) is 4.83. The highest BCUT2D eigenvalue weighted by atomic mass is 127. The van der Waals surface area contributed by atoms with Crippen molar-refractivity contribution in [2.75, 3.05) is 20.1 Å². The summed E-state index contributed by atoms with van der Waals surface area (Å²) in [5.41, 5.74) is 0. The van der Waals surface area contributed by atoms with Crippen LogP contribution in [0, 0.1) is 5.92 Å². The molecular weight excluding hydrogens is 337 g/mol. The third kappa shape index (κ3) is 7.95. The standard InChI is InChI=1S/C14H27N3.HI/c1-3-11-16-14(15-2)17-12-13-9-7-5-4-6-8-10-13;/h3,13H,1,4-12H2,2H3,(H2,15,16,17);1H. The van der Waals surface area contributed by atoms with Gasteiger partial charge in [-0.2, -0.15) is 0 Å². The van der Waals surface area contributed by atoms with E-state index < -0.39 is 0 Å². The van der Waals surface area contributed by atoms with Gasteiger partial charge in [0.05, 0.1) is 0 Å². The Morgan fingerprint density at radius 1 is 1.17 bits per heavy atom. The lowest BCUT2D eigenvalue weighted by Crippen LogP contribution is -2.39. The van der Waals surface area contributed by atoms with Crippen molar-refractivity contribution in [1.82, 2.24) is 10.6 Å². The van der Waals surface area contributed by atoms with Crippen LogP contribution in [0.5, 0.6) is 0 Å². The van der Waals surface area contributed by atoms with Crippen LogP contribution in [0.25, 0.3) is 0 Å². The van der Waals surface area contributed by atoms with Gasteiger partial charge in [-0.05, 0) is 18.8 Å². The maximum atomic E-state index is 4.20. The minimum absolute atomic E-state index is 0. The van der Waals surface area contributed by atoms with Crippen molar-refractivity contribution in [3.05, 3.63) is 12.7 Å². The van der Waals surface area contributed by atoms with E-state index in [0.29, 0.717) is 0 Å². The average Bonchev–Trinajstić information content (AvgIpc) is 2.31. The normalized spacial score (nSPS) is 18.2. The number of hydrogen-bond acceptors (Lipinski definition) is 1. The number of nitrogens with zero attached hydrogens (tertiary/aromatic N) is 1. The molecule has 1 aliphatic carbocycles. The molecule has 3 nitrogen and oxygen atoms in total.